The van der Waals surface area contributed by atoms with Crippen molar-refractivity contribution >= 4 is 93.0 Å². The molecule has 0 fully saturated rings. The molecule has 0 aliphatic heterocycles. The second kappa shape index (κ2) is 20.1. The van der Waals surface area contributed by atoms with Crippen LogP contribution < -0.4 is 0 Å². The van der Waals surface area contributed by atoms with Crippen LogP contribution in [0.2, 0.25) is 12.1 Å². The molecule has 0 atom stereocenters. The van der Waals surface area contributed by atoms with Crippen molar-refractivity contribution < 1.29 is 18.0 Å². The van der Waals surface area contributed by atoms with E-state index >= 15 is 0 Å². The summed E-state index contributed by atoms with van der Waals surface area (Å²) in [6.07, 6.45) is 0. The van der Waals surface area contributed by atoms with E-state index in [0.717, 1.165) is 36.8 Å². The Bertz CT molecular complexity index is 384. The van der Waals surface area contributed by atoms with Crippen molar-refractivity contribution in [3.8, 4) is 0 Å². The molecular weight excluding hydrogens is 477 g/mol. The first-order chi connectivity index (χ1) is 12.5. The van der Waals surface area contributed by atoms with Gasteiger partial charge in [-0.2, -0.15) is 0 Å². The van der Waals surface area contributed by atoms with Gasteiger partial charge in [-0.25, -0.2) is 9.15 Å². The maximum atomic E-state index is 5.43. The van der Waals surface area contributed by atoms with Crippen molar-refractivity contribution in [1.82, 2.24) is 0 Å². The molecule has 0 aromatic rings. The SMILES string of the molecule is CCO[Si]CCSC(SSSSC(SCC[Si]OCC)=[N+](C)C)=[N+](C)C. The lowest BCUT2D eigenvalue weighted by Crippen LogP contribution is -2.07. The van der Waals surface area contributed by atoms with Crippen molar-refractivity contribution in [2.75, 3.05) is 52.9 Å². The summed E-state index contributed by atoms with van der Waals surface area (Å²) in [5.74, 6) is 2.23. The zero-order valence-electron chi connectivity index (χ0n) is 16.4. The Morgan fingerprint density at radius 2 is 1.12 bits per heavy atom. The lowest BCUT2D eigenvalue weighted by Gasteiger charge is -2.04. The van der Waals surface area contributed by atoms with Crippen LogP contribution in [0.15, 0.2) is 0 Å². The highest BCUT2D eigenvalue weighted by Gasteiger charge is 2.15. The van der Waals surface area contributed by atoms with Gasteiger partial charge in [-0.15, -0.1) is 0 Å². The van der Waals surface area contributed by atoms with Crippen molar-refractivity contribution in [3.05, 3.63) is 0 Å². The fraction of sp³-hybridized carbons (Fsp3) is 0.857. The Morgan fingerprint density at radius 1 is 0.731 bits per heavy atom. The zero-order chi connectivity index (χ0) is 19.6. The summed E-state index contributed by atoms with van der Waals surface area (Å²) >= 11 is 3.84. The van der Waals surface area contributed by atoms with E-state index in [2.05, 4.69) is 51.2 Å². The molecule has 0 aliphatic carbocycles. The minimum absolute atomic E-state index is 0.622. The molecule has 0 aliphatic rings. The summed E-state index contributed by atoms with van der Waals surface area (Å²) < 4.78 is 18.0. The second-order valence-electron chi connectivity index (χ2n) is 4.98. The molecule has 0 heterocycles. The van der Waals surface area contributed by atoms with Gasteiger partial charge in [-0.05, 0) is 69.1 Å². The summed E-state index contributed by atoms with van der Waals surface area (Å²) in [6.45, 7) is 5.74. The fourth-order valence-corrected chi connectivity index (χ4v) is 12.5. The molecule has 12 heteroatoms. The molecule has 0 amide bonds. The maximum Gasteiger partial charge on any atom is 0.281 e. The summed E-state index contributed by atoms with van der Waals surface area (Å²) in [5, 5.41) is 0. The zero-order valence-corrected chi connectivity index (χ0v) is 23.3. The molecule has 0 unspecified atom stereocenters. The normalized spacial score (nSPS) is 10.8. The van der Waals surface area contributed by atoms with Crippen LogP contribution in [-0.2, 0) is 8.85 Å². The number of nitrogens with zero attached hydrogens (tertiary/aromatic N) is 2. The molecule has 150 valence electrons. The van der Waals surface area contributed by atoms with Crippen molar-refractivity contribution in [3.63, 3.8) is 0 Å². The van der Waals surface area contributed by atoms with Crippen LogP contribution in [0.4, 0.5) is 0 Å². The Hall–Kier alpha value is 1.79. The summed E-state index contributed by atoms with van der Waals surface area (Å²) in [7, 11) is 17.1. The molecule has 0 rings (SSSR count). The van der Waals surface area contributed by atoms with Gasteiger partial charge in [0.15, 0.2) is 0 Å². The third kappa shape index (κ3) is 16.7. The lowest BCUT2D eigenvalue weighted by atomic mass is 10.9. The van der Waals surface area contributed by atoms with Gasteiger partial charge in [0.2, 0.25) is 19.5 Å². The monoisotopic (exact) mass is 506 g/mol. The molecule has 0 aromatic heterocycles. The van der Waals surface area contributed by atoms with Gasteiger partial charge in [-0.1, -0.05) is 0 Å². The van der Waals surface area contributed by atoms with Gasteiger partial charge >= 0.3 is 0 Å². The van der Waals surface area contributed by atoms with Gasteiger partial charge in [0, 0.05) is 46.3 Å². The van der Waals surface area contributed by atoms with E-state index in [4.69, 9.17) is 8.85 Å². The van der Waals surface area contributed by atoms with Crippen LogP contribution >= 0.6 is 64.8 Å². The first-order valence-corrected chi connectivity index (χ1v) is 17.3. The van der Waals surface area contributed by atoms with E-state index in [1.807, 2.05) is 64.8 Å². The van der Waals surface area contributed by atoms with Gasteiger partial charge < -0.3 is 8.85 Å². The number of hydrogen-bond acceptors (Lipinski definition) is 8. The molecule has 4 nitrogen and oxygen atoms in total. The molecule has 0 spiro atoms. The van der Waals surface area contributed by atoms with Gasteiger partial charge in [0.1, 0.15) is 28.2 Å². The first kappa shape index (κ1) is 27.8. The molecular formula is C14H30N2O2S6Si2+2. The van der Waals surface area contributed by atoms with Crippen LogP contribution in [0, 0.1) is 0 Å². The second-order valence-corrected chi connectivity index (χ2v) is 15.5. The number of hydrogen-bond donors (Lipinski definition) is 0. The van der Waals surface area contributed by atoms with E-state index in [9.17, 15) is 0 Å². The first-order valence-electron chi connectivity index (χ1n) is 8.24. The topological polar surface area (TPSA) is 24.5 Å². The predicted octanol–water partition coefficient (Wildman–Crippen LogP) is 4.53. The predicted molar refractivity (Wildman–Crippen MR) is 134 cm³/mol. The minimum Gasteiger partial charge on any atom is -0.418 e. The fourth-order valence-electron chi connectivity index (χ4n) is 1.25. The Kier molecular flexibility index (Phi) is 21.5. The summed E-state index contributed by atoms with van der Waals surface area (Å²) in [4.78, 5) is 0. The largest absolute Gasteiger partial charge is 0.418 e. The molecule has 0 aromatic carbocycles. The maximum absolute atomic E-state index is 5.43. The molecule has 0 N–H and O–H groups in total. The van der Waals surface area contributed by atoms with Gasteiger partial charge in [0.25, 0.3) is 8.75 Å². The lowest BCUT2D eigenvalue weighted by molar-refractivity contribution is -0.458. The smallest absolute Gasteiger partial charge is 0.281 e. The van der Waals surface area contributed by atoms with E-state index in [-0.39, 0.29) is 0 Å². The van der Waals surface area contributed by atoms with Gasteiger partial charge in [0.05, 0.1) is 0 Å². The number of rotatable bonds is 13. The van der Waals surface area contributed by atoms with Crippen molar-refractivity contribution in [2.24, 2.45) is 0 Å². The van der Waals surface area contributed by atoms with Crippen molar-refractivity contribution in [1.29, 1.82) is 0 Å². The van der Waals surface area contributed by atoms with Gasteiger partial charge in [-0.3, -0.25) is 0 Å². The average molecular weight is 507 g/mol. The van der Waals surface area contributed by atoms with Crippen LogP contribution in [0.1, 0.15) is 13.8 Å². The van der Waals surface area contributed by atoms with Crippen LogP contribution in [-0.4, -0.2) is 90.3 Å². The summed E-state index contributed by atoms with van der Waals surface area (Å²) in [6, 6.07) is 2.25. The van der Waals surface area contributed by atoms with E-state index in [1.165, 1.54) is 8.75 Å². The average Bonchev–Trinajstić information content (AvgIpc) is 2.60. The molecule has 4 radical (unpaired) electrons. The Labute approximate surface area is 188 Å². The third-order valence-electron chi connectivity index (χ3n) is 2.32. The molecule has 0 saturated heterocycles. The quantitative estimate of drug-likeness (QED) is 0.0897. The van der Waals surface area contributed by atoms with Crippen LogP contribution in [0.5, 0.6) is 0 Å². The van der Waals surface area contributed by atoms with Crippen LogP contribution in [0.25, 0.3) is 0 Å². The molecule has 0 bridgehead atoms. The highest BCUT2D eigenvalue weighted by Crippen LogP contribution is 2.46. The Morgan fingerprint density at radius 3 is 1.42 bits per heavy atom. The third-order valence-corrected chi connectivity index (χ3v) is 14.8. The highest BCUT2D eigenvalue weighted by atomic mass is 33.7. The Balaban J connectivity index is 4.04. The van der Waals surface area contributed by atoms with E-state index in [1.54, 1.807) is 0 Å². The summed E-state index contributed by atoms with van der Waals surface area (Å²) in [5.41, 5.74) is 0. The van der Waals surface area contributed by atoms with E-state index < -0.39 is 0 Å². The molecule has 26 heavy (non-hydrogen) atoms. The molecule has 0 saturated carbocycles. The standard InChI is InChI=1S/C14H30N2O2S6Si2/c1-7-17-25-11-9-19-13(15(3)4)21-23-24-22-14(16(5)6)20-10-12-26-18-8-2/h7-12H2,1-6H3/q+2. The van der Waals surface area contributed by atoms with E-state index in [0.29, 0.717) is 19.5 Å². The highest BCUT2D eigenvalue weighted by molar-refractivity contribution is 9.30. The minimum atomic E-state index is 0.622. The number of thioether (sulfide) groups is 2. The van der Waals surface area contributed by atoms with Crippen molar-refractivity contribution in [2.45, 2.75) is 25.9 Å². The van der Waals surface area contributed by atoms with Crippen LogP contribution in [0.3, 0.4) is 0 Å².